The summed E-state index contributed by atoms with van der Waals surface area (Å²) in [6.45, 7) is 4.99. The molecule has 0 unspecified atom stereocenters. The molecule has 0 aliphatic heterocycles. The van der Waals surface area contributed by atoms with Gasteiger partial charge in [0.1, 0.15) is 0 Å². The quantitative estimate of drug-likeness (QED) is 0.565. The van der Waals surface area contributed by atoms with Crippen LogP contribution in [0.2, 0.25) is 5.02 Å². The number of nitrogens with one attached hydrogen (secondary N) is 2. The third kappa shape index (κ3) is 5.09. The molecule has 142 valence electrons. The fourth-order valence-electron chi connectivity index (χ4n) is 2.38. The topological polar surface area (TPSA) is 70.4 Å². The first-order valence-corrected chi connectivity index (χ1v) is 9.73. The van der Waals surface area contributed by atoms with Crippen molar-refractivity contribution in [2.45, 2.75) is 26.4 Å². The minimum absolute atomic E-state index is 0.361. The van der Waals surface area contributed by atoms with E-state index >= 15 is 0 Å². The van der Waals surface area contributed by atoms with E-state index < -0.39 is 0 Å². The van der Waals surface area contributed by atoms with Crippen LogP contribution in [-0.4, -0.2) is 29.0 Å². The van der Waals surface area contributed by atoms with Gasteiger partial charge in [-0.05, 0) is 39.1 Å². The monoisotopic (exact) mass is 404 g/mol. The summed E-state index contributed by atoms with van der Waals surface area (Å²) in [5.41, 5.74) is 3.26. The number of carbonyl (C=O) groups is 1. The lowest BCUT2D eigenvalue weighted by atomic mass is 10.1. The maximum Gasteiger partial charge on any atom is 0.325 e. The standard InChI is InChI=1S/C19H21ClN4O2S/c1-12(2)24(3)9-15-11-27-19(22-15)23-18(25)21-14-4-5-16(17(20)8-14)13-6-7-26-10-13/h4-8,10-12H,9H2,1-3H3,(H2,21,22,23,25). The Hall–Kier alpha value is -2.35. The normalized spacial score (nSPS) is 11.2. The molecule has 0 atom stereocenters. The van der Waals surface area contributed by atoms with Crippen molar-refractivity contribution in [2.24, 2.45) is 0 Å². The highest BCUT2D eigenvalue weighted by Gasteiger charge is 2.11. The molecular weight excluding hydrogens is 384 g/mol. The molecule has 0 radical (unpaired) electrons. The first-order chi connectivity index (χ1) is 12.9. The molecule has 6 nitrogen and oxygen atoms in total. The van der Waals surface area contributed by atoms with E-state index in [1.807, 2.05) is 24.6 Å². The number of amides is 2. The largest absolute Gasteiger partial charge is 0.472 e. The Balaban J connectivity index is 1.60. The molecule has 0 saturated heterocycles. The highest BCUT2D eigenvalue weighted by Crippen LogP contribution is 2.30. The van der Waals surface area contributed by atoms with Crippen molar-refractivity contribution in [1.82, 2.24) is 9.88 Å². The second-order valence-electron chi connectivity index (χ2n) is 6.44. The molecule has 2 N–H and O–H groups in total. The number of anilines is 2. The molecule has 0 bridgehead atoms. The first-order valence-electron chi connectivity index (χ1n) is 8.47. The van der Waals surface area contributed by atoms with Gasteiger partial charge in [0.15, 0.2) is 5.13 Å². The van der Waals surface area contributed by atoms with E-state index in [-0.39, 0.29) is 6.03 Å². The molecule has 27 heavy (non-hydrogen) atoms. The molecule has 0 spiro atoms. The number of urea groups is 1. The van der Waals surface area contributed by atoms with E-state index in [1.165, 1.54) is 11.3 Å². The Bertz CT molecular complexity index is 908. The van der Waals surface area contributed by atoms with Crippen molar-refractivity contribution >= 4 is 39.8 Å². The number of thiazole rings is 1. The number of aromatic nitrogens is 1. The van der Waals surface area contributed by atoms with Crippen LogP contribution >= 0.6 is 22.9 Å². The molecule has 8 heteroatoms. The number of hydrogen-bond acceptors (Lipinski definition) is 5. The van der Waals surface area contributed by atoms with Crippen molar-refractivity contribution in [1.29, 1.82) is 0 Å². The molecule has 2 amide bonds. The second-order valence-corrected chi connectivity index (χ2v) is 7.70. The lowest BCUT2D eigenvalue weighted by Gasteiger charge is -2.19. The van der Waals surface area contributed by atoms with Crippen LogP contribution in [0.25, 0.3) is 11.1 Å². The van der Waals surface area contributed by atoms with Gasteiger partial charge in [-0.1, -0.05) is 17.7 Å². The zero-order valence-corrected chi connectivity index (χ0v) is 16.9. The van der Waals surface area contributed by atoms with E-state index in [0.29, 0.717) is 21.9 Å². The molecule has 0 aliphatic carbocycles. The SMILES string of the molecule is CC(C)N(C)Cc1csc(NC(=O)Nc2ccc(-c3ccoc3)c(Cl)c2)n1. The number of carbonyl (C=O) groups excluding carboxylic acids is 1. The minimum Gasteiger partial charge on any atom is -0.472 e. The van der Waals surface area contributed by atoms with Gasteiger partial charge in [0, 0.05) is 34.8 Å². The summed E-state index contributed by atoms with van der Waals surface area (Å²) in [5.74, 6) is 0. The Labute approximate surface area is 167 Å². The maximum atomic E-state index is 12.2. The molecule has 2 heterocycles. The van der Waals surface area contributed by atoms with E-state index in [9.17, 15) is 4.79 Å². The summed E-state index contributed by atoms with van der Waals surface area (Å²) >= 11 is 7.71. The number of benzene rings is 1. The predicted octanol–water partition coefficient (Wildman–Crippen LogP) is 5.54. The van der Waals surface area contributed by atoms with Gasteiger partial charge in [-0.3, -0.25) is 10.2 Å². The van der Waals surface area contributed by atoms with Gasteiger partial charge in [-0.25, -0.2) is 9.78 Å². The fraction of sp³-hybridized carbons (Fsp3) is 0.263. The van der Waals surface area contributed by atoms with Crippen LogP contribution in [0, 0.1) is 0 Å². The molecular formula is C19H21ClN4O2S. The van der Waals surface area contributed by atoms with Crippen LogP contribution in [0.4, 0.5) is 15.6 Å². The average molecular weight is 405 g/mol. The zero-order valence-electron chi connectivity index (χ0n) is 15.3. The fourth-order valence-corrected chi connectivity index (χ4v) is 3.37. The van der Waals surface area contributed by atoms with Gasteiger partial charge in [0.05, 0.1) is 23.2 Å². The first kappa shape index (κ1) is 19.4. The Morgan fingerprint density at radius 2 is 2.15 bits per heavy atom. The van der Waals surface area contributed by atoms with Gasteiger partial charge in [0.2, 0.25) is 0 Å². The summed E-state index contributed by atoms with van der Waals surface area (Å²) in [4.78, 5) is 18.9. The predicted molar refractivity (Wildman–Crippen MR) is 111 cm³/mol. The van der Waals surface area contributed by atoms with Crippen LogP contribution in [0.5, 0.6) is 0 Å². The number of halogens is 1. The maximum absolute atomic E-state index is 12.2. The number of furan rings is 1. The number of rotatable bonds is 6. The van der Waals surface area contributed by atoms with E-state index in [1.54, 1.807) is 24.7 Å². The summed E-state index contributed by atoms with van der Waals surface area (Å²) in [6.07, 6.45) is 3.21. The van der Waals surface area contributed by atoms with Gasteiger partial charge >= 0.3 is 6.03 Å². The van der Waals surface area contributed by atoms with Gasteiger partial charge < -0.3 is 9.73 Å². The zero-order chi connectivity index (χ0) is 19.4. The third-order valence-corrected chi connectivity index (χ3v) is 5.24. The van der Waals surface area contributed by atoms with Crippen molar-refractivity contribution < 1.29 is 9.21 Å². The van der Waals surface area contributed by atoms with Crippen molar-refractivity contribution in [3.63, 3.8) is 0 Å². The van der Waals surface area contributed by atoms with E-state index in [2.05, 4.69) is 34.4 Å². The molecule has 0 saturated carbocycles. The molecule has 3 aromatic rings. The van der Waals surface area contributed by atoms with E-state index in [0.717, 1.165) is 23.4 Å². The van der Waals surface area contributed by atoms with Crippen LogP contribution in [0.1, 0.15) is 19.5 Å². The van der Waals surface area contributed by atoms with Crippen molar-refractivity contribution in [3.05, 3.63) is 52.9 Å². The summed E-state index contributed by atoms with van der Waals surface area (Å²) in [5, 5.41) is 8.56. The summed E-state index contributed by atoms with van der Waals surface area (Å²) in [7, 11) is 2.04. The number of hydrogen-bond donors (Lipinski definition) is 2. The summed E-state index contributed by atoms with van der Waals surface area (Å²) in [6, 6.07) is 7.23. The van der Waals surface area contributed by atoms with E-state index in [4.69, 9.17) is 16.0 Å². The second kappa shape index (κ2) is 8.56. The Morgan fingerprint density at radius 3 is 2.81 bits per heavy atom. The summed E-state index contributed by atoms with van der Waals surface area (Å²) < 4.78 is 5.08. The van der Waals surface area contributed by atoms with Gasteiger partial charge in [0.25, 0.3) is 0 Å². The molecule has 0 aliphatic rings. The highest BCUT2D eigenvalue weighted by atomic mass is 35.5. The van der Waals surface area contributed by atoms with Crippen LogP contribution in [0.3, 0.4) is 0 Å². The molecule has 0 fully saturated rings. The number of nitrogens with zero attached hydrogens (tertiary/aromatic N) is 2. The molecule has 3 rings (SSSR count). The van der Waals surface area contributed by atoms with Crippen molar-refractivity contribution in [3.8, 4) is 11.1 Å². The Kier molecular flexibility index (Phi) is 6.15. The highest BCUT2D eigenvalue weighted by molar-refractivity contribution is 7.13. The Morgan fingerprint density at radius 1 is 1.33 bits per heavy atom. The van der Waals surface area contributed by atoms with Crippen LogP contribution < -0.4 is 10.6 Å². The lowest BCUT2D eigenvalue weighted by molar-refractivity contribution is 0.261. The van der Waals surface area contributed by atoms with Crippen LogP contribution in [0.15, 0.2) is 46.6 Å². The third-order valence-electron chi connectivity index (χ3n) is 4.12. The van der Waals surface area contributed by atoms with Crippen LogP contribution in [-0.2, 0) is 6.54 Å². The van der Waals surface area contributed by atoms with Crippen molar-refractivity contribution in [2.75, 3.05) is 17.7 Å². The smallest absolute Gasteiger partial charge is 0.325 e. The lowest BCUT2D eigenvalue weighted by Crippen LogP contribution is -2.25. The molecule has 1 aromatic carbocycles. The minimum atomic E-state index is -0.361. The average Bonchev–Trinajstić information content (AvgIpc) is 3.27. The molecule has 2 aromatic heterocycles. The van der Waals surface area contributed by atoms with Gasteiger partial charge in [-0.2, -0.15) is 0 Å². The van der Waals surface area contributed by atoms with Gasteiger partial charge in [-0.15, -0.1) is 11.3 Å².